The van der Waals surface area contributed by atoms with Crippen molar-refractivity contribution in [2.45, 2.75) is 19.5 Å². The van der Waals surface area contributed by atoms with Crippen molar-refractivity contribution in [2.24, 2.45) is 0 Å². The van der Waals surface area contributed by atoms with Gasteiger partial charge in [-0.3, -0.25) is 4.79 Å². The zero-order chi connectivity index (χ0) is 17.3. The Morgan fingerprint density at radius 1 is 1.21 bits per heavy atom. The van der Waals surface area contributed by atoms with Crippen LogP contribution in [0.15, 0.2) is 41.2 Å². The monoisotopic (exact) mass is 350 g/mol. The number of quaternary nitrogens is 1. The first kappa shape index (κ1) is 16.5. The molecular formula is C17H15ClF2N3O+. The number of nitrogens with one attached hydrogen (secondary N) is 1. The van der Waals surface area contributed by atoms with Gasteiger partial charge in [-0.15, -0.1) is 0 Å². The summed E-state index contributed by atoms with van der Waals surface area (Å²) >= 11 is 5.93. The van der Waals surface area contributed by atoms with Crippen LogP contribution in [0, 0.1) is 11.6 Å². The number of fused-ring (bicyclic) bond motifs is 1. The predicted molar refractivity (Wildman–Crippen MR) is 87.8 cm³/mol. The Morgan fingerprint density at radius 3 is 2.75 bits per heavy atom. The van der Waals surface area contributed by atoms with Gasteiger partial charge in [-0.25, -0.2) is 13.8 Å². The molecule has 1 heterocycles. The SMILES string of the molecule is C[C@H]([NH2+]Cc1nc2cc(Cl)ccc2c(=O)[nH]1)c1ccc(F)c(F)c1. The Labute approximate surface area is 141 Å². The number of nitrogens with zero attached hydrogens (tertiary/aromatic N) is 1. The zero-order valence-corrected chi connectivity index (χ0v) is 13.6. The van der Waals surface area contributed by atoms with Gasteiger partial charge in [0, 0.05) is 10.6 Å². The fraction of sp³-hybridized carbons (Fsp3) is 0.176. The van der Waals surface area contributed by atoms with Crippen molar-refractivity contribution in [2.75, 3.05) is 0 Å². The van der Waals surface area contributed by atoms with E-state index in [2.05, 4.69) is 9.97 Å². The summed E-state index contributed by atoms with van der Waals surface area (Å²) in [6.45, 7) is 2.25. The van der Waals surface area contributed by atoms with Crippen LogP contribution < -0.4 is 10.9 Å². The minimum Gasteiger partial charge on any atom is -0.334 e. The van der Waals surface area contributed by atoms with Crippen LogP contribution in [0.5, 0.6) is 0 Å². The van der Waals surface area contributed by atoms with E-state index < -0.39 is 11.6 Å². The van der Waals surface area contributed by atoms with E-state index in [1.807, 2.05) is 12.2 Å². The summed E-state index contributed by atoms with van der Waals surface area (Å²) < 4.78 is 26.3. The third-order valence-electron chi connectivity index (χ3n) is 3.85. The maximum Gasteiger partial charge on any atom is 0.258 e. The van der Waals surface area contributed by atoms with Crippen LogP contribution in [0.2, 0.25) is 5.02 Å². The minimum absolute atomic E-state index is 0.125. The molecule has 3 rings (SSSR count). The fourth-order valence-electron chi connectivity index (χ4n) is 2.48. The van der Waals surface area contributed by atoms with E-state index >= 15 is 0 Å². The fourth-order valence-corrected chi connectivity index (χ4v) is 2.64. The molecule has 124 valence electrons. The van der Waals surface area contributed by atoms with Crippen LogP contribution in [0.25, 0.3) is 10.9 Å². The van der Waals surface area contributed by atoms with Crippen molar-refractivity contribution >= 4 is 22.5 Å². The number of rotatable bonds is 4. The molecule has 0 aliphatic heterocycles. The maximum absolute atomic E-state index is 13.3. The maximum atomic E-state index is 13.3. The molecule has 0 bridgehead atoms. The molecule has 0 radical (unpaired) electrons. The molecule has 0 aliphatic rings. The zero-order valence-electron chi connectivity index (χ0n) is 12.8. The third-order valence-corrected chi connectivity index (χ3v) is 4.09. The summed E-state index contributed by atoms with van der Waals surface area (Å²) in [5, 5.41) is 2.85. The largest absolute Gasteiger partial charge is 0.334 e. The lowest BCUT2D eigenvalue weighted by molar-refractivity contribution is -0.708. The Balaban J connectivity index is 1.79. The van der Waals surface area contributed by atoms with E-state index in [0.717, 1.165) is 6.07 Å². The number of halogens is 3. The number of H-pyrrole nitrogens is 1. The van der Waals surface area contributed by atoms with E-state index in [-0.39, 0.29) is 11.6 Å². The normalized spacial score (nSPS) is 12.5. The van der Waals surface area contributed by atoms with Gasteiger partial charge in [-0.1, -0.05) is 11.6 Å². The molecule has 7 heteroatoms. The minimum atomic E-state index is -0.875. The van der Waals surface area contributed by atoms with E-state index in [4.69, 9.17) is 11.6 Å². The van der Waals surface area contributed by atoms with Crippen LogP contribution in [-0.2, 0) is 6.54 Å². The van der Waals surface area contributed by atoms with Gasteiger partial charge in [-0.2, -0.15) is 0 Å². The second-order valence-electron chi connectivity index (χ2n) is 5.58. The number of nitrogens with two attached hydrogens (primary N) is 1. The highest BCUT2D eigenvalue weighted by atomic mass is 35.5. The van der Waals surface area contributed by atoms with Gasteiger partial charge in [0.15, 0.2) is 17.5 Å². The van der Waals surface area contributed by atoms with Gasteiger partial charge in [-0.05, 0) is 43.3 Å². The lowest BCUT2D eigenvalue weighted by atomic mass is 10.1. The number of hydrogen-bond donors (Lipinski definition) is 2. The molecule has 1 atom stereocenters. The smallest absolute Gasteiger partial charge is 0.258 e. The first-order valence-corrected chi connectivity index (χ1v) is 7.78. The van der Waals surface area contributed by atoms with E-state index in [9.17, 15) is 13.6 Å². The highest BCUT2D eigenvalue weighted by Crippen LogP contribution is 2.15. The van der Waals surface area contributed by atoms with Crippen LogP contribution >= 0.6 is 11.6 Å². The topological polar surface area (TPSA) is 62.4 Å². The van der Waals surface area contributed by atoms with Gasteiger partial charge in [0.1, 0.15) is 12.6 Å². The number of hydrogen-bond acceptors (Lipinski definition) is 2. The van der Waals surface area contributed by atoms with Gasteiger partial charge >= 0.3 is 0 Å². The van der Waals surface area contributed by atoms with E-state index in [1.54, 1.807) is 18.2 Å². The van der Waals surface area contributed by atoms with Crippen molar-refractivity contribution in [1.29, 1.82) is 0 Å². The Hall–Kier alpha value is -2.31. The molecule has 0 saturated carbocycles. The molecule has 0 fully saturated rings. The van der Waals surface area contributed by atoms with E-state index in [0.29, 0.717) is 33.9 Å². The molecule has 24 heavy (non-hydrogen) atoms. The summed E-state index contributed by atoms with van der Waals surface area (Å²) in [4.78, 5) is 19.2. The number of aromatic amines is 1. The van der Waals surface area contributed by atoms with Crippen molar-refractivity contribution in [3.63, 3.8) is 0 Å². The second kappa shape index (κ2) is 6.67. The number of aromatic nitrogens is 2. The second-order valence-corrected chi connectivity index (χ2v) is 6.01. The van der Waals surface area contributed by atoms with Crippen molar-refractivity contribution in [3.05, 3.63) is 74.8 Å². The highest BCUT2D eigenvalue weighted by Gasteiger charge is 2.13. The summed E-state index contributed by atoms with van der Waals surface area (Å²) in [5.41, 5.74) is 0.941. The van der Waals surface area contributed by atoms with Gasteiger partial charge in [0.25, 0.3) is 5.56 Å². The van der Waals surface area contributed by atoms with Crippen LogP contribution in [0.1, 0.15) is 24.4 Å². The average molecular weight is 351 g/mol. The van der Waals surface area contributed by atoms with Gasteiger partial charge < -0.3 is 10.3 Å². The quantitative estimate of drug-likeness (QED) is 0.760. The highest BCUT2D eigenvalue weighted by molar-refractivity contribution is 6.31. The molecule has 2 aromatic carbocycles. The molecule has 1 aromatic heterocycles. The Kier molecular flexibility index (Phi) is 4.59. The average Bonchev–Trinajstić information content (AvgIpc) is 2.54. The molecule has 3 aromatic rings. The van der Waals surface area contributed by atoms with E-state index in [1.165, 1.54) is 12.1 Å². The molecular weight excluding hydrogens is 336 g/mol. The van der Waals surface area contributed by atoms with Gasteiger partial charge in [0.05, 0.1) is 10.9 Å². The molecule has 0 unspecified atom stereocenters. The molecule has 0 saturated heterocycles. The summed E-state index contributed by atoms with van der Waals surface area (Å²) in [7, 11) is 0. The van der Waals surface area contributed by atoms with Crippen LogP contribution in [0.3, 0.4) is 0 Å². The molecule has 0 aliphatic carbocycles. The van der Waals surface area contributed by atoms with Crippen molar-refractivity contribution < 1.29 is 14.1 Å². The Morgan fingerprint density at radius 2 is 2.00 bits per heavy atom. The molecule has 3 N–H and O–H groups in total. The van der Waals surface area contributed by atoms with Gasteiger partial charge in [0.2, 0.25) is 0 Å². The lowest BCUT2D eigenvalue weighted by Crippen LogP contribution is -2.83. The summed E-state index contributed by atoms with van der Waals surface area (Å²) in [6, 6.07) is 8.59. The molecule has 4 nitrogen and oxygen atoms in total. The third kappa shape index (κ3) is 3.44. The van der Waals surface area contributed by atoms with Crippen molar-refractivity contribution in [1.82, 2.24) is 9.97 Å². The molecule has 0 spiro atoms. The van der Waals surface area contributed by atoms with Crippen LogP contribution in [0.4, 0.5) is 8.78 Å². The summed E-state index contributed by atoms with van der Waals surface area (Å²) in [6.07, 6.45) is 0. The standard InChI is InChI=1S/C17H14ClF2N3O/c1-9(10-2-5-13(19)14(20)6-10)21-8-16-22-15-7-11(18)3-4-12(15)17(24)23-16/h2-7,9,21H,8H2,1H3,(H,22,23,24)/p+1/t9-/m0/s1. The number of benzene rings is 2. The predicted octanol–water partition coefficient (Wildman–Crippen LogP) is 2.68. The lowest BCUT2D eigenvalue weighted by Gasteiger charge is -2.11. The first-order valence-electron chi connectivity index (χ1n) is 7.41. The molecule has 0 amide bonds. The summed E-state index contributed by atoms with van der Waals surface area (Å²) in [5.74, 6) is -1.26. The van der Waals surface area contributed by atoms with Crippen LogP contribution in [-0.4, -0.2) is 9.97 Å². The first-order chi connectivity index (χ1) is 11.4. The Bertz CT molecular complexity index is 958. The van der Waals surface area contributed by atoms with Crippen molar-refractivity contribution in [3.8, 4) is 0 Å².